The van der Waals surface area contributed by atoms with E-state index in [2.05, 4.69) is 5.32 Å². The minimum atomic E-state index is -0.979. The van der Waals surface area contributed by atoms with E-state index in [4.69, 9.17) is 4.74 Å². The standard InChI is InChI=1S/C17H19N3O5/c1-3-25-13-6-4-5-10-11(13)7-8-12(10)18-14(21)9-20-16(23)15(22)19(2)17(20)24/h4-6,12H,3,7-9H2,1-2H3,(H,18,21)/t12-/m1/s1. The number of carbonyl (C=O) groups excluding carboxylic acids is 4. The summed E-state index contributed by atoms with van der Waals surface area (Å²) in [5.41, 5.74) is 2.05. The summed E-state index contributed by atoms with van der Waals surface area (Å²) in [4.78, 5) is 48.7. The molecule has 1 saturated heterocycles. The van der Waals surface area contributed by atoms with Crippen LogP contribution in [0.3, 0.4) is 0 Å². The van der Waals surface area contributed by atoms with Gasteiger partial charge in [0.1, 0.15) is 12.3 Å². The summed E-state index contributed by atoms with van der Waals surface area (Å²) in [5, 5.41) is 2.83. The van der Waals surface area contributed by atoms with Crippen LogP contribution in [0.1, 0.15) is 30.5 Å². The Kier molecular flexibility index (Phi) is 4.43. The zero-order chi connectivity index (χ0) is 18.1. The van der Waals surface area contributed by atoms with Gasteiger partial charge in [-0.3, -0.25) is 19.3 Å². The molecule has 0 saturated carbocycles. The lowest BCUT2D eigenvalue weighted by atomic mass is 10.1. The summed E-state index contributed by atoms with van der Waals surface area (Å²) in [5.74, 6) is -1.57. The van der Waals surface area contributed by atoms with Gasteiger partial charge in [-0.05, 0) is 37.0 Å². The maximum absolute atomic E-state index is 12.3. The van der Waals surface area contributed by atoms with Crippen LogP contribution in [0.2, 0.25) is 0 Å². The number of imide groups is 2. The van der Waals surface area contributed by atoms with Crippen LogP contribution in [-0.2, 0) is 20.8 Å². The highest BCUT2D eigenvalue weighted by molar-refractivity contribution is 6.44. The lowest BCUT2D eigenvalue weighted by Crippen LogP contribution is -2.41. The van der Waals surface area contributed by atoms with Crippen LogP contribution in [0, 0.1) is 0 Å². The Hall–Kier alpha value is -2.90. The molecule has 1 aromatic carbocycles. The number of rotatable bonds is 5. The van der Waals surface area contributed by atoms with E-state index >= 15 is 0 Å². The van der Waals surface area contributed by atoms with Crippen molar-refractivity contribution in [3.63, 3.8) is 0 Å². The number of hydrogen-bond acceptors (Lipinski definition) is 5. The molecular formula is C17H19N3O5. The van der Waals surface area contributed by atoms with Gasteiger partial charge >= 0.3 is 17.8 Å². The van der Waals surface area contributed by atoms with Crippen LogP contribution >= 0.6 is 0 Å². The van der Waals surface area contributed by atoms with Crippen LogP contribution in [0.4, 0.5) is 4.79 Å². The predicted molar refractivity (Wildman–Crippen MR) is 86.7 cm³/mol. The highest BCUT2D eigenvalue weighted by Gasteiger charge is 2.43. The van der Waals surface area contributed by atoms with E-state index in [0.717, 1.165) is 23.3 Å². The van der Waals surface area contributed by atoms with Crippen molar-refractivity contribution in [3.8, 4) is 5.75 Å². The molecule has 1 atom stereocenters. The Morgan fingerprint density at radius 3 is 2.68 bits per heavy atom. The van der Waals surface area contributed by atoms with Crippen molar-refractivity contribution in [1.29, 1.82) is 0 Å². The van der Waals surface area contributed by atoms with Crippen LogP contribution in [0.25, 0.3) is 0 Å². The van der Waals surface area contributed by atoms with Crippen molar-refractivity contribution >= 4 is 23.8 Å². The fourth-order valence-electron chi connectivity index (χ4n) is 3.20. The molecule has 1 aliphatic carbocycles. The number of likely N-dealkylation sites (N-methyl/N-ethyl adjacent to an activating group) is 1. The number of benzene rings is 1. The van der Waals surface area contributed by atoms with Gasteiger partial charge in [-0.25, -0.2) is 9.69 Å². The van der Waals surface area contributed by atoms with Gasteiger partial charge in [-0.15, -0.1) is 0 Å². The largest absolute Gasteiger partial charge is 0.494 e. The molecule has 0 radical (unpaired) electrons. The minimum absolute atomic E-state index is 0.204. The Morgan fingerprint density at radius 1 is 1.28 bits per heavy atom. The maximum Gasteiger partial charge on any atom is 0.334 e. The van der Waals surface area contributed by atoms with Gasteiger partial charge in [-0.2, -0.15) is 0 Å². The molecular weight excluding hydrogens is 326 g/mol. The van der Waals surface area contributed by atoms with Gasteiger partial charge in [-0.1, -0.05) is 12.1 Å². The van der Waals surface area contributed by atoms with E-state index < -0.39 is 30.3 Å². The second kappa shape index (κ2) is 6.54. The van der Waals surface area contributed by atoms with Crippen molar-refractivity contribution < 1.29 is 23.9 Å². The van der Waals surface area contributed by atoms with E-state index in [1.165, 1.54) is 7.05 Å². The van der Waals surface area contributed by atoms with E-state index in [0.29, 0.717) is 22.8 Å². The third kappa shape index (κ3) is 2.95. The second-order valence-corrected chi connectivity index (χ2v) is 5.95. The first-order valence-electron chi connectivity index (χ1n) is 8.11. The molecule has 1 aliphatic heterocycles. The number of urea groups is 1. The molecule has 132 valence electrons. The summed E-state index contributed by atoms with van der Waals surface area (Å²) < 4.78 is 5.61. The quantitative estimate of drug-likeness (QED) is 0.623. The highest BCUT2D eigenvalue weighted by atomic mass is 16.5. The Labute approximate surface area is 144 Å². The molecule has 25 heavy (non-hydrogen) atoms. The molecule has 0 bridgehead atoms. The molecule has 1 N–H and O–H groups in total. The predicted octanol–water partition coefficient (Wildman–Crippen LogP) is 0.609. The maximum atomic E-state index is 12.3. The molecule has 1 fully saturated rings. The van der Waals surface area contributed by atoms with Crippen LogP contribution in [0.15, 0.2) is 18.2 Å². The molecule has 3 rings (SSSR count). The van der Waals surface area contributed by atoms with Crippen LogP contribution in [0.5, 0.6) is 5.75 Å². The third-order valence-electron chi connectivity index (χ3n) is 4.42. The third-order valence-corrected chi connectivity index (χ3v) is 4.42. The molecule has 1 heterocycles. The van der Waals surface area contributed by atoms with Gasteiger partial charge in [0.05, 0.1) is 12.6 Å². The topological polar surface area (TPSA) is 96.0 Å². The van der Waals surface area contributed by atoms with E-state index in [1.807, 2.05) is 25.1 Å². The van der Waals surface area contributed by atoms with Gasteiger partial charge < -0.3 is 10.1 Å². The van der Waals surface area contributed by atoms with Crippen molar-refractivity contribution in [3.05, 3.63) is 29.3 Å². The first-order chi connectivity index (χ1) is 11.9. The molecule has 5 amide bonds. The summed E-state index contributed by atoms with van der Waals surface area (Å²) >= 11 is 0. The van der Waals surface area contributed by atoms with E-state index in [9.17, 15) is 19.2 Å². The van der Waals surface area contributed by atoms with Crippen molar-refractivity contribution in [2.24, 2.45) is 0 Å². The van der Waals surface area contributed by atoms with Gasteiger partial charge in [0.15, 0.2) is 0 Å². The molecule has 8 nitrogen and oxygen atoms in total. The van der Waals surface area contributed by atoms with Crippen molar-refractivity contribution in [2.45, 2.75) is 25.8 Å². The Morgan fingerprint density at radius 2 is 2.04 bits per heavy atom. The number of nitrogens with zero attached hydrogens (tertiary/aromatic N) is 2. The van der Waals surface area contributed by atoms with Gasteiger partial charge in [0.25, 0.3) is 0 Å². The Bertz CT molecular complexity index is 761. The monoisotopic (exact) mass is 345 g/mol. The average Bonchev–Trinajstić information content (AvgIpc) is 3.07. The first-order valence-corrected chi connectivity index (χ1v) is 8.11. The second-order valence-electron chi connectivity index (χ2n) is 5.95. The average molecular weight is 345 g/mol. The van der Waals surface area contributed by atoms with Crippen LogP contribution < -0.4 is 10.1 Å². The number of ether oxygens (including phenoxy) is 1. The minimum Gasteiger partial charge on any atom is -0.494 e. The SMILES string of the molecule is CCOc1cccc2c1CC[C@H]2NC(=O)CN1C(=O)C(=O)N(C)C1=O. The number of nitrogens with one attached hydrogen (secondary N) is 1. The molecule has 0 spiro atoms. The number of fused-ring (bicyclic) bond motifs is 1. The smallest absolute Gasteiger partial charge is 0.334 e. The summed E-state index contributed by atoms with van der Waals surface area (Å²) in [7, 11) is 1.21. The molecule has 1 aromatic rings. The number of amides is 5. The molecule has 8 heteroatoms. The van der Waals surface area contributed by atoms with Gasteiger partial charge in [0, 0.05) is 7.05 Å². The summed E-state index contributed by atoms with van der Waals surface area (Å²) in [6.07, 6.45) is 1.49. The summed E-state index contributed by atoms with van der Waals surface area (Å²) in [6.45, 7) is 2.01. The molecule has 0 unspecified atom stereocenters. The molecule has 0 aromatic heterocycles. The lowest BCUT2D eigenvalue weighted by molar-refractivity contribution is -0.143. The first kappa shape index (κ1) is 16.9. The normalized spacial score (nSPS) is 19.4. The number of carbonyl (C=O) groups is 4. The highest BCUT2D eigenvalue weighted by Crippen LogP contribution is 2.36. The Balaban J connectivity index is 1.68. The van der Waals surface area contributed by atoms with Gasteiger partial charge in [0.2, 0.25) is 5.91 Å². The fraction of sp³-hybridized carbons (Fsp3) is 0.412. The van der Waals surface area contributed by atoms with E-state index in [-0.39, 0.29) is 6.04 Å². The number of hydrogen-bond donors (Lipinski definition) is 1. The van der Waals surface area contributed by atoms with Crippen molar-refractivity contribution in [1.82, 2.24) is 15.1 Å². The van der Waals surface area contributed by atoms with Crippen LogP contribution in [-0.4, -0.2) is 53.8 Å². The van der Waals surface area contributed by atoms with Crippen molar-refractivity contribution in [2.75, 3.05) is 20.2 Å². The zero-order valence-electron chi connectivity index (χ0n) is 14.1. The lowest BCUT2D eigenvalue weighted by Gasteiger charge is -2.17. The van der Waals surface area contributed by atoms with E-state index in [1.54, 1.807) is 0 Å². The fourth-order valence-corrected chi connectivity index (χ4v) is 3.20. The molecule has 2 aliphatic rings. The summed E-state index contributed by atoms with van der Waals surface area (Å²) in [6, 6.07) is 4.71. The zero-order valence-corrected chi connectivity index (χ0v) is 14.1.